The van der Waals surface area contributed by atoms with Crippen molar-refractivity contribution in [3.05, 3.63) is 70.8 Å². The van der Waals surface area contributed by atoms with Crippen molar-refractivity contribution in [1.29, 1.82) is 0 Å². The van der Waals surface area contributed by atoms with Crippen LogP contribution in [0.1, 0.15) is 44.0 Å². The normalized spacial score (nSPS) is 12.2. The molecule has 0 aliphatic carbocycles. The highest BCUT2D eigenvalue weighted by Crippen LogP contribution is 2.31. The van der Waals surface area contributed by atoms with Gasteiger partial charge in [-0.25, -0.2) is 4.98 Å². The van der Waals surface area contributed by atoms with Gasteiger partial charge in [0, 0.05) is 47.2 Å². The van der Waals surface area contributed by atoms with Crippen molar-refractivity contribution in [3.8, 4) is 5.75 Å². The number of nitrogens with one attached hydrogen (secondary N) is 2. The van der Waals surface area contributed by atoms with Crippen molar-refractivity contribution in [2.24, 2.45) is 5.92 Å². The highest BCUT2D eigenvalue weighted by Gasteiger charge is 2.15. The predicted molar refractivity (Wildman–Crippen MR) is 130 cm³/mol. The molecule has 2 N–H and O–H groups in total. The van der Waals surface area contributed by atoms with E-state index in [1.54, 1.807) is 12.4 Å². The van der Waals surface area contributed by atoms with Gasteiger partial charge in [-0.3, -0.25) is 9.78 Å². The van der Waals surface area contributed by atoms with E-state index in [2.05, 4.69) is 15.6 Å². The first-order valence-corrected chi connectivity index (χ1v) is 11.1. The van der Waals surface area contributed by atoms with Gasteiger partial charge in [0.2, 0.25) is 5.91 Å². The maximum Gasteiger partial charge on any atom is 0.223 e. The fourth-order valence-electron chi connectivity index (χ4n) is 3.27. The number of nitrogens with zero attached hydrogens (tertiary/aromatic N) is 2. The molecule has 0 fully saturated rings. The Morgan fingerprint density at radius 3 is 2.88 bits per heavy atom. The fraction of sp³-hybridized carbons (Fsp3) is 0.320. The number of aromatic nitrogens is 2. The molecule has 6 nitrogen and oxygen atoms in total. The SMILES string of the molecule is C/C=C\Nc1cc(C)nc2c(OCc3c(Cl)cncc3CNC(=O)C(C)CC)cccc12. The Morgan fingerprint density at radius 1 is 1.31 bits per heavy atom. The molecule has 2 heterocycles. The molecule has 3 aromatic rings. The molecule has 3 rings (SSSR count). The zero-order valence-electron chi connectivity index (χ0n) is 18.9. The van der Waals surface area contributed by atoms with Gasteiger partial charge in [-0.15, -0.1) is 0 Å². The Labute approximate surface area is 194 Å². The molecule has 1 unspecified atom stereocenters. The minimum absolute atomic E-state index is 0.00855. The number of pyridine rings is 2. The van der Waals surface area contributed by atoms with Crippen LogP contribution in [0.4, 0.5) is 5.69 Å². The number of para-hydroxylation sites is 1. The number of carbonyl (C=O) groups excluding carboxylic acids is 1. The second kappa shape index (κ2) is 11.0. The Hall–Kier alpha value is -3.12. The standard InChI is InChI=1S/C25H29ClN4O2/c1-5-10-28-22-11-17(4)30-24-19(22)8-7-9-23(24)32-15-20-18(12-27-14-21(20)26)13-29-25(31)16(3)6-2/h5,7-12,14,16H,6,13,15H2,1-4H3,(H,28,30)(H,29,31)/b10-5-. The van der Waals surface area contributed by atoms with Crippen LogP contribution in [0.25, 0.3) is 10.9 Å². The van der Waals surface area contributed by atoms with Gasteiger partial charge >= 0.3 is 0 Å². The summed E-state index contributed by atoms with van der Waals surface area (Å²) in [6.07, 6.45) is 7.91. The third-order valence-electron chi connectivity index (χ3n) is 5.32. The zero-order chi connectivity index (χ0) is 23.1. The van der Waals surface area contributed by atoms with E-state index in [0.29, 0.717) is 17.3 Å². The molecule has 1 aromatic carbocycles. The van der Waals surface area contributed by atoms with Gasteiger partial charge in [0.05, 0.1) is 5.02 Å². The summed E-state index contributed by atoms with van der Waals surface area (Å²) in [5, 5.41) is 7.72. The van der Waals surface area contributed by atoms with Crippen molar-refractivity contribution in [2.75, 3.05) is 5.32 Å². The van der Waals surface area contributed by atoms with Crippen molar-refractivity contribution in [1.82, 2.24) is 15.3 Å². The molecular weight excluding hydrogens is 424 g/mol. The Kier molecular flexibility index (Phi) is 8.06. The average molecular weight is 453 g/mol. The maximum absolute atomic E-state index is 12.2. The number of rotatable bonds is 9. The van der Waals surface area contributed by atoms with E-state index < -0.39 is 0 Å². The molecule has 0 bridgehead atoms. The molecule has 2 aromatic heterocycles. The van der Waals surface area contributed by atoms with Crippen LogP contribution in [0, 0.1) is 12.8 Å². The first-order chi connectivity index (χ1) is 15.4. The Bertz CT molecular complexity index is 1130. The minimum Gasteiger partial charge on any atom is -0.487 e. The first-order valence-electron chi connectivity index (χ1n) is 10.7. The monoisotopic (exact) mass is 452 g/mol. The third-order valence-corrected chi connectivity index (χ3v) is 5.64. The van der Waals surface area contributed by atoms with Crippen LogP contribution in [0.3, 0.4) is 0 Å². The van der Waals surface area contributed by atoms with E-state index in [1.165, 1.54) is 0 Å². The van der Waals surface area contributed by atoms with E-state index in [1.807, 2.05) is 64.2 Å². The van der Waals surface area contributed by atoms with Crippen LogP contribution >= 0.6 is 11.6 Å². The van der Waals surface area contributed by atoms with Crippen molar-refractivity contribution < 1.29 is 9.53 Å². The highest BCUT2D eigenvalue weighted by atomic mass is 35.5. The maximum atomic E-state index is 12.2. The number of allylic oxidation sites excluding steroid dienone is 1. The number of fused-ring (bicyclic) bond motifs is 1. The number of amides is 1. The quantitative estimate of drug-likeness (QED) is 0.430. The zero-order valence-corrected chi connectivity index (χ0v) is 19.7. The number of ether oxygens (including phenoxy) is 1. The summed E-state index contributed by atoms with van der Waals surface area (Å²) in [4.78, 5) is 21.1. The number of hydrogen-bond donors (Lipinski definition) is 2. The lowest BCUT2D eigenvalue weighted by Crippen LogP contribution is -2.28. The van der Waals surface area contributed by atoms with Crippen LogP contribution < -0.4 is 15.4 Å². The topological polar surface area (TPSA) is 76.1 Å². The summed E-state index contributed by atoms with van der Waals surface area (Å²) in [6, 6.07) is 7.85. The number of benzene rings is 1. The first kappa shape index (κ1) is 23.5. The summed E-state index contributed by atoms with van der Waals surface area (Å²) in [7, 11) is 0. The number of halogens is 1. The smallest absolute Gasteiger partial charge is 0.223 e. The lowest BCUT2D eigenvalue weighted by atomic mass is 10.1. The van der Waals surface area contributed by atoms with Crippen LogP contribution in [-0.2, 0) is 17.9 Å². The Balaban J connectivity index is 1.85. The van der Waals surface area contributed by atoms with Gasteiger partial charge in [0.15, 0.2) is 0 Å². The number of aryl methyl sites for hydroxylation is 1. The molecule has 1 atom stereocenters. The number of hydrogen-bond acceptors (Lipinski definition) is 5. The molecule has 1 amide bonds. The van der Waals surface area contributed by atoms with Gasteiger partial charge in [0.25, 0.3) is 0 Å². The molecule has 0 spiro atoms. The number of anilines is 1. The predicted octanol–water partition coefficient (Wildman–Crippen LogP) is 5.78. The third kappa shape index (κ3) is 5.56. The van der Waals surface area contributed by atoms with Crippen LogP contribution in [-0.4, -0.2) is 15.9 Å². The van der Waals surface area contributed by atoms with Crippen molar-refractivity contribution in [2.45, 2.75) is 47.3 Å². The minimum atomic E-state index is -0.0443. The molecule has 0 aliphatic rings. The largest absolute Gasteiger partial charge is 0.487 e. The molecule has 0 saturated heterocycles. The summed E-state index contributed by atoms with van der Waals surface area (Å²) in [5.41, 5.74) is 4.25. The van der Waals surface area contributed by atoms with Gasteiger partial charge in [0.1, 0.15) is 17.9 Å². The summed E-state index contributed by atoms with van der Waals surface area (Å²) in [6.45, 7) is 8.39. The number of carbonyl (C=O) groups is 1. The summed E-state index contributed by atoms with van der Waals surface area (Å²) < 4.78 is 6.18. The van der Waals surface area contributed by atoms with E-state index in [0.717, 1.165) is 39.8 Å². The van der Waals surface area contributed by atoms with Gasteiger partial charge in [-0.05, 0) is 44.2 Å². The molecule has 32 heavy (non-hydrogen) atoms. The molecule has 0 radical (unpaired) electrons. The van der Waals surface area contributed by atoms with Gasteiger partial charge < -0.3 is 15.4 Å². The molecule has 7 heteroatoms. The average Bonchev–Trinajstić information content (AvgIpc) is 2.79. The van der Waals surface area contributed by atoms with Crippen molar-refractivity contribution in [3.63, 3.8) is 0 Å². The summed E-state index contributed by atoms with van der Waals surface area (Å²) >= 11 is 6.44. The van der Waals surface area contributed by atoms with Crippen LogP contribution in [0.5, 0.6) is 5.75 Å². The lowest BCUT2D eigenvalue weighted by Gasteiger charge is -2.16. The molecule has 0 saturated carbocycles. The highest BCUT2D eigenvalue weighted by molar-refractivity contribution is 6.31. The van der Waals surface area contributed by atoms with Gasteiger partial charge in [-0.2, -0.15) is 0 Å². The van der Waals surface area contributed by atoms with Crippen LogP contribution in [0.15, 0.2) is 48.9 Å². The van der Waals surface area contributed by atoms with E-state index in [4.69, 9.17) is 21.3 Å². The van der Waals surface area contributed by atoms with Crippen LogP contribution in [0.2, 0.25) is 5.02 Å². The van der Waals surface area contributed by atoms with E-state index in [-0.39, 0.29) is 18.4 Å². The van der Waals surface area contributed by atoms with Crippen molar-refractivity contribution >= 4 is 34.1 Å². The summed E-state index contributed by atoms with van der Waals surface area (Å²) in [5.74, 6) is 0.628. The second-order valence-corrected chi connectivity index (χ2v) is 8.09. The lowest BCUT2D eigenvalue weighted by molar-refractivity contribution is -0.124. The van der Waals surface area contributed by atoms with Gasteiger partial charge in [-0.1, -0.05) is 43.7 Å². The molecule has 168 valence electrons. The van der Waals surface area contributed by atoms with E-state index in [9.17, 15) is 4.79 Å². The molecule has 0 aliphatic heterocycles. The Morgan fingerprint density at radius 2 is 2.12 bits per heavy atom. The molecular formula is C25H29ClN4O2. The van der Waals surface area contributed by atoms with E-state index >= 15 is 0 Å². The second-order valence-electron chi connectivity index (χ2n) is 7.68. The fourth-order valence-corrected chi connectivity index (χ4v) is 3.50.